The summed E-state index contributed by atoms with van der Waals surface area (Å²) >= 11 is 0. The molecule has 17 aromatic carbocycles. The summed E-state index contributed by atoms with van der Waals surface area (Å²) in [5, 5.41) is 9.63. The molecule has 0 fully saturated rings. The molecule has 2 aliphatic heterocycles. The van der Waals surface area contributed by atoms with Crippen LogP contribution in [0.1, 0.15) is 26.3 Å². The van der Waals surface area contributed by atoms with Crippen LogP contribution < -0.4 is 26.2 Å². The van der Waals surface area contributed by atoms with Crippen LogP contribution in [0.2, 0.25) is 0 Å². The number of hydrogen-bond donors (Lipinski definition) is 0. The van der Waals surface area contributed by atoms with Crippen molar-refractivity contribution in [2.75, 3.05) is 9.80 Å². The van der Waals surface area contributed by atoms with Crippen molar-refractivity contribution < 1.29 is 0 Å². The monoisotopic (exact) mass is 1440 g/mol. The third kappa shape index (κ3) is 9.68. The highest BCUT2D eigenvalue weighted by Gasteiger charge is 2.46. The third-order valence-corrected chi connectivity index (χ3v) is 24.2. The first kappa shape index (κ1) is 64.6. The van der Waals surface area contributed by atoms with E-state index in [0.29, 0.717) is 0 Å². The predicted octanol–water partition coefficient (Wildman–Crippen LogP) is 26.1. The van der Waals surface area contributed by atoms with Gasteiger partial charge in [0.25, 0.3) is 6.71 Å². The molecule has 2 aliphatic rings. The molecular weight excluding hydrogens is 1370 g/mol. The van der Waals surface area contributed by atoms with Crippen LogP contribution in [-0.2, 0) is 5.41 Å². The largest absolute Gasteiger partial charge is 0.310 e. The summed E-state index contributed by atoms with van der Waals surface area (Å²) in [6.07, 6.45) is 0. The van der Waals surface area contributed by atoms with Gasteiger partial charge in [-0.15, -0.1) is 0 Å². The first-order valence-corrected chi connectivity index (χ1v) is 39.4. The standard InChI is InChI=1S/C106H73BN6/c1-106(2,3)72-64-97-99-98(65-72)113(101-79(70-36-14-6-15-37-70)50-31-51-80(101)71-38-16-7-17-39-71)96-67-76(111-94-55-29-25-47-84(94)88-61-59-86-82-45-23-27-53-92(82)109(103(86)105(88)111)74-42-20-9-21-43-74)57-63-90(96)107(99)89-62-56-75(66-95(89)112(97)100-77(68-32-10-4-11-33-68)48-30-49-78(100)69-34-12-5-13-35-69)110-93-54-28-24-46-83(93)87-60-58-85-81-44-22-26-52-91(81)108(102(85)104(87)110)73-40-18-8-19-41-73/h4-67H,1-3H3. The quantitative estimate of drug-likeness (QED) is 0.128. The van der Waals surface area contributed by atoms with E-state index in [1.54, 1.807) is 0 Å². The minimum atomic E-state index is -0.359. The fourth-order valence-electron chi connectivity index (χ4n) is 19.4. The topological polar surface area (TPSA) is 26.2 Å². The first-order valence-electron chi connectivity index (χ1n) is 39.4. The molecule has 4 aromatic heterocycles. The zero-order chi connectivity index (χ0) is 74.7. The molecule has 0 radical (unpaired) electrons. The molecule has 6 nitrogen and oxygen atoms in total. The van der Waals surface area contributed by atoms with E-state index in [2.05, 4.69) is 437 Å². The molecular formula is C106H73BN6. The first-order chi connectivity index (χ1) is 55.8. The van der Waals surface area contributed by atoms with E-state index in [4.69, 9.17) is 0 Å². The summed E-state index contributed by atoms with van der Waals surface area (Å²) in [5.74, 6) is 0. The Bertz CT molecular complexity index is 6900. The van der Waals surface area contributed by atoms with E-state index >= 15 is 0 Å². The Morgan fingerprint density at radius 3 is 0.796 bits per heavy atom. The van der Waals surface area contributed by atoms with Gasteiger partial charge in [-0.05, 0) is 135 Å². The van der Waals surface area contributed by atoms with Gasteiger partial charge in [-0.3, -0.25) is 0 Å². The lowest BCUT2D eigenvalue weighted by Crippen LogP contribution is -2.61. The lowest BCUT2D eigenvalue weighted by molar-refractivity contribution is 0.590. The van der Waals surface area contributed by atoms with Crippen molar-refractivity contribution in [2.45, 2.75) is 26.2 Å². The number of benzene rings is 17. The Morgan fingerprint density at radius 1 is 0.221 bits per heavy atom. The number of aromatic nitrogens is 4. The summed E-state index contributed by atoms with van der Waals surface area (Å²) in [6, 6.07) is 146. The molecule has 21 aromatic rings. The van der Waals surface area contributed by atoms with E-state index in [0.717, 1.165) is 123 Å². The molecule has 0 spiro atoms. The molecule has 530 valence electrons. The van der Waals surface area contributed by atoms with Crippen LogP contribution in [0.3, 0.4) is 0 Å². The molecule has 0 saturated carbocycles. The Morgan fingerprint density at radius 2 is 0.496 bits per heavy atom. The lowest BCUT2D eigenvalue weighted by Gasteiger charge is -2.46. The van der Waals surface area contributed by atoms with Gasteiger partial charge in [0.05, 0.1) is 55.5 Å². The van der Waals surface area contributed by atoms with Crippen LogP contribution in [0.5, 0.6) is 0 Å². The van der Waals surface area contributed by atoms with Crippen LogP contribution in [0.25, 0.3) is 154 Å². The van der Waals surface area contributed by atoms with E-state index in [1.807, 2.05) is 0 Å². The minimum absolute atomic E-state index is 0.293. The molecule has 0 atom stereocenters. The zero-order valence-corrected chi connectivity index (χ0v) is 62.7. The van der Waals surface area contributed by atoms with Gasteiger partial charge in [-0.2, -0.15) is 0 Å². The average Bonchev–Trinajstić information content (AvgIpc) is 0.789. The fraction of sp³-hybridized carbons (Fsp3) is 0.0377. The van der Waals surface area contributed by atoms with Crippen molar-refractivity contribution in [3.8, 4) is 67.3 Å². The number of rotatable bonds is 10. The van der Waals surface area contributed by atoms with Gasteiger partial charge in [0.1, 0.15) is 0 Å². The second-order valence-electron chi connectivity index (χ2n) is 31.4. The Hall–Kier alpha value is -14.4. The lowest BCUT2D eigenvalue weighted by atomic mass is 9.33. The van der Waals surface area contributed by atoms with Crippen LogP contribution in [0.15, 0.2) is 388 Å². The maximum absolute atomic E-state index is 2.71. The molecule has 0 saturated heterocycles. The number of fused-ring (bicyclic) bond motifs is 18. The Labute approximate surface area is 655 Å². The van der Waals surface area contributed by atoms with Crippen molar-refractivity contribution in [3.63, 3.8) is 0 Å². The molecule has 0 N–H and O–H groups in total. The maximum atomic E-state index is 2.71. The van der Waals surface area contributed by atoms with Crippen LogP contribution in [0, 0.1) is 0 Å². The SMILES string of the molecule is CC(C)(C)c1cc2c3c(c1)N(c1c(-c4ccccc4)cccc1-c1ccccc1)c1cc(-n4c5ccccc5c5ccc6c7ccccc7n(-c7ccccc7)c6c54)ccc1B3c1ccc(-n3c4ccccc4c4ccc5c6ccccc6n(-c6ccccc6)c5c43)cc1N2c1c(-c2ccccc2)cccc1-c1ccccc1. The van der Waals surface area contributed by atoms with E-state index < -0.39 is 0 Å². The summed E-state index contributed by atoms with van der Waals surface area (Å²) < 4.78 is 10.2. The zero-order valence-electron chi connectivity index (χ0n) is 62.7. The third-order valence-electron chi connectivity index (χ3n) is 24.2. The van der Waals surface area contributed by atoms with E-state index in [1.165, 1.54) is 87.1 Å². The van der Waals surface area contributed by atoms with Gasteiger partial charge in [0.15, 0.2) is 0 Å². The van der Waals surface area contributed by atoms with Crippen molar-refractivity contribution in [3.05, 3.63) is 394 Å². The van der Waals surface area contributed by atoms with E-state index in [-0.39, 0.29) is 12.1 Å². The molecule has 0 bridgehead atoms. The van der Waals surface area contributed by atoms with Crippen molar-refractivity contribution in [1.29, 1.82) is 0 Å². The van der Waals surface area contributed by atoms with Gasteiger partial charge in [0.2, 0.25) is 0 Å². The van der Waals surface area contributed by atoms with Gasteiger partial charge in [-0.1, -0.05) is 324 Å². The summed E-state index contributed by atoms with van der Waals surface area (Å²) in [5.41, 5.74) is 33.9. The Balaban J connectivity index is 0.888. The second-order valence-corrected chi connectivity index (χ2v) is 31.4. The van der Waals surface area contributed by atoms with Crippen molar-refractivity contribution >= 4 is 144 Å². The molecule has 0 aliphatic carbocycles. The van der Waals surface area contributed by atoms with Crippen LogP contribution in [0.4, 0.5) is 34.1 Å². The van der Waals surface area contributed by atoms with Crippen LogP contribution in [-0.4, -0.2) is 25.0 Å². The Kier molecular flexibility index (Phi) is 14.3. The van der Waals surface area contributed by atoms with Gasteiger partial charge < -0.3 is 28.1 Å². The van der Waals surface area contributed by atoms with Crippen molar-refractivity contribution in [2.24, 2.45) is 0 Å². The van der Waals surface area contributed by atoms with Gasteiger partial charge in [-0.25, -0.2) is 0 Å². The highest BCUT2D eigenvalue weighted by atomic mass is 15.2. The molecule has 23 rings (SSSR count). The van der Waals surface area contributed by atoms with Crippen LogP contribution >= 0.6 is 0 Å². The second kappa shape index (κ2) is 25.1. The molecule has 7 heteroatoms. The molecule has 113 heavy (non-hydrogen) atoms. The van der Waals surface area contributed by atoms with Gasteiger partial charge in [0, 0.05) is 111 Å². The molecule has 0 amide bonds. The minimum Gasteiger partial charge on any atom is -0.310 e. The highest BCUT2D eigenvalue weighted by molar-refractivity contribution is 7.00. The average molecular weight is 1440 g/mol. The molecule has 6 heterocycles. The fourth-order valence-corrected chi connectivity index (χ4v) is 19.4. The summed E-state index contributed by atoms with van der Waals surface area (Å²) in [4.78, 5) is 5.43. The van der Waals surface area contributed by atoms with Gasteiger partial charge >= 0.3 is 0 Å². The smallest absolute Gasteiger partial charge is 0.252 e. The molecule has 0 unspecified atom stereocenters. The summed E-state index contributed by atoms with van der Waals surface area (Å²) in [6.45, 7) is 6.90. The van der Waals surface area contributed by atoms with E-state index in [9.17, 15) is 0 Å². The number of anilines is 6. The predicted molar refractivity (Wildman–Crippen MR) is 478 cm³/mol. The summed E-state index contributed by atoms with van der Waals surface area (Å²) in [7, 11) is 0. The van der Waals surface area contributed by atoms with Crippen molar-refractivity contribution in [1.82, 2.24) is 18.3 Å². The highest BCUT2D eigenvalue weighted by Crippen LogP contribution is 2.55. The number of nitrogens with zero attached hydrogens (tertiary/aromatic N) is 6. The number of para-hydroxylation sites is 8. The normalized spacial score (nSPS) is 12.7. The maximum Gasteiger partial charge on any atom is 0.252 e. The number of hydrogen-bond acceptors (Lipinski definition) is 2.